The molecule has 22 heavy (non-hydrogen) atoms. The Labute approximate surface area is 130 Å². The van der Waals surface area contributed by atoms with Crippen molar-refractivity contribution in [1.82, 2.24) is 4.57 Å². The lowest BCUT2D eigenvalue weighted by Gasteiger charge is -2.32. The van der Waals surface area contributed by atoms with E-state index in [2.05, 4.69) is 6.58 Å². The molecule has 0 N–H and O–H groups in total. The van der Waals surface area contributed by atoms with Crippen LogP contribution in [-0.2, 0) is 15.9 Å². The third kappa shape index (κ3) is 3.23. The van der Waals surface area contributed by atoms with Crippen molar-refractivity contribution in [3.63, 3.8) is 0 Å². The van der Waals surface area contributed by atoms with E-state index in [0.717, 1.165) is 0 Å². The van der Waals surface area contributed by atoms with Gasteiger partial charge in [-0.3, -0.25) is 4.79 Å². The molecule has 118 valence electrons. The zero-order chi connectivity index (χ0) is 16.5. The average Bonchev–Trinajstić information content (AvgIpc) is 2.63. The molecule has 0 aliphatic carbocycles. The molecule has 0 unspecified atom stereocenters. The molecular weight excluding hydrogens is 284 g/mol. The molecule has 0 aromatic carbocycles. The van der Waals surface area contributed by atoms with Crippen molar-refractivity contribution in [3.8, 4) is 0 Å². The van der Waals surface area contributed by atoms with Gasteiger partial charge in [-0.2, -0.15) is 0 Å². The molecule has 0 radical (unpaired) electrons. The van der Waals surface area contributed by atoms with E-state index >= 15 is 0 Å². The maximum absolute atomic E-state index is 14.4. The van der Waals surface area contributed by atoms with E-state index in [-0.39, 0.29) is 5.56 Å². The number of nitrogens with zero attached hydrogens (tertiary/aromatic N) is 1. The fourth-order valence-electron chi connectivity index (χ4n) is 2.10. The molecule has 6 heteroatoms. The molecule has 1 aromatic heterocycles. The number of allylic oxidation sites excluding steroid dienone is 1. The molecular formula is C16H21BFNO3. The fraction of sp³-hybridized carbons (Fsp3) is 0.438. The zero-order valence-electron chi connectivity index (χ0n) is 13.4. The Kier molecular flexibility index (Phi) is 4.45. The van der Waals surface area contributed by atoms with E-state index < -0.39 is 24.0 Å². The van der Waals surface area contributed by atoms with E-state index in [9.17, 15) is 9.18 Å². The van der Waals surface area contributed by atoms with E-state index in [1.54, 1.807) is 18.3 Å². The van der Waals surface area contributed by atoms with Gasteiger partial charge in [-0.15, -0.1) is 6.58 Å². The topological polar surface area (TPSA) is 40.5 Å². The lowest BCUT2D eigenvalue weighted by Crippen LogP contribution is -2.41. The van der Waals surface area contributed by atoms with Crippen molar-refractivity contribution in [1.29, 1.82) is 0 Å². The van der Waals surface area contributed by atoms with Crippen LogP contribution in [0, 0.1) is 0 Å². The Morgan fingerprint density at radius 1 is 1.32 bits per heavy atom. The van der Waals surface area contributed by atoms with Gasteiger partial charge < -0.3 is 13.9 Å². The predicted octanol–water partition coefficient (Wildman–Crippen LogP) is 2.98. The van der Waals surface area contributed by atoms with Crippen LogP contribution in [0.5, 0.6) is 0 Å². The SMILES string of the molecule is C=CCn1cc(C=C(F)B2OC(C)(C)C(C)(C)O2)ccc1=O. The zero-order valence-corrected chi connectivity index (χ0v) is 13.4. The second-order valence-corrected chi connectivity index (χ2v) is 6.36. The molecule has 1 aliphatic heterocycles. The summed E-state index contributed by atoms with van der Waals surface area (Å²) in [4.78, 5) is 11.6. The average molecular weight is 305 g/mol. The Balaban J connectivity index is 2.25. The summed E-state index contributed by atoms with van der Waals surface area (Å²) in [6.07, 6.45) is 4.51. The molecule has 1 fully saturated rings. The maximum Gasteiger partial charge on any atom is 0.525 e. The molecule has 2 rings (SSSR count). The number of aromatic nitrogens is 1. The molecule has 4 nitrogen and oxygen atoms in total. The third-order valence-corrected chi connectivity index (χ3v) is 4.12. The van der Waals surface area contributed by atoms with Crippen LogP contribution in [0.2, 0.25) is 0 Å². The second-order valence-electron chi connectivity index (χ2n) is 6.36. The highest BCUT2D eigenvalue weighted by Gasteiger charge is 2.53. The minimum atomic E-state index is -1.04. The highest BCUT2D eigenvalue weighted by Crippen LogP contribution is 2.38. The van der Waals surface area contributed by atoms with Crippen LogP contribution in [0.3, 0.4) is 0 Å². The first-order chi connectivity index (χ1) is 10.2. The summed E-state index contributed by atoms with van der Waals surface area (Å²) >= 11 is 0. The van der Waals surface area contributed by atoms with Crippen molar-refractivity contribution < 1.29 is 13.7 Å². The lowest BCUT2D eigenvalue weighted by atomic mass is 9.87. The number of hydrogen-bond donors (Lipinski definition) is 0. The summed E-state index contributed by atoms with van der Waals surface area (Å²) in [5, 5.41) is 0. The Bertz CT molecular complexity index is 648. The largest absolute Gasteiger partial charge is 0.525 e. The van der Waals surface area contributed by atoms with Gasteiger partial charge in [0.15, 0.2) is 0 Å². The monoisotopic (exact) mass is 305 g/mol. The summed E-state index contributed by atoms with van der Waals surface area (Å²) < 4.78 is 27.2. The number of hydrogen-bond acceptors (Lipinski definition) is 3. The van der Waals surface area contributed by atoms with Gasteiger partial charge in [0, 0.05) is 18.8 Å². The number of pyridine rings is 1. The summed E-state index contributed by atoms with van der Waals surface area (Å²) in [7, 11) is -1.04. The first-order valence-corrected chi connectivity index (χ1v) is 7.20. The Hall–Kier alpha value is -1.66. The molecule has 1 aliphatic rings. The normalized spacial score (nSPS) is 20.2. The van der Waals surface area contributed by atoms with Crippen LogP contribution in [0.15, 0.2) is 41.5 Å². The standard InChI is InChI=1S/C16H21BFNO3/c1-6-9-19-11-12(7-8-14(19)20)10-13(18)17-21-15(2,3)16(4,5)22-17/h6-8,10-11H,1,9H2,2-5H3. The molecule has 2 heterocycles. The van der Waals surface area contributed by atoms with Gasteiger partial charge in [-0.1, -0.05) is 6.08 Å². The molecule has 1 saturated heterocycles. The summed E-state index contributed by atoms with van der Waals surface area (Å²) in [6.45, 7) is 11.4. The van der Waals surface area contributed by atoms with Gasteiger partial charge in [0.25, 0.3) is 5.56 Å². The fourth-order valence-corrected chi connectivity index (χ4v) is 2.10. The predicted molar refractivity (Wildman–Crippen MR) is 86.1 cm³/mol. The molecule has 0 atom stereocenters. The molecule has 0 amide bonds. The van der Waals surface area contributed by atoms with Crippen LogP contribution in [-0.4, -0.2) is 22.9 Å². The van der Waals surface area contributed by atoms with Gasteiger partial charge in [-0.25, -0.2) is 4.39 Å². The summed E-state index contributed by atoms with van der Waals surface area (Å²) in [5.74, 6) is 0. The number of halogens is 1. The van der Waals surface area contributed by atoms with Crippen LogP contribution in [0.1, 0.15) is 33.3 Å². The van der Waals surface area contributed by atoms with Crippen LogP contribution >= 0.6 is 0 Å². The van der Waals surface area contributed by atoms with E-state index in [4.69, 9.17) is 9.31 Å². The Morgan fingerprint density at radius 3 is 2.45 bits per heavy atom. The van der Waals surface area contributed by atoms with Gasteiger partial charge >= 0.3 is 7.12 Å². The molecule has 0 bridgehead atoms. The van der Waals surface area contributed by atoms with E-state index in [1.165, 1.54) is 16.7 Å². The van der Waals surface area contributed by atoms with Gasteiger partial charge in [0.1, 0.15) is 5.73 Å². The highest BCUT2D eigenvalue weighted by atomic mass is 19.1. The van der Waals surface area contributed by atoms with Crippen molar-refractivity contribution in [2.24, 2.45) is 0 Å². The smallest absolute Gasteiger partial charge is 0.398 e. The minimum absolute atomic E-state index is 0.159. The van der Waals surface area contributed by atoms with Gasteiger partial charge in [0.2, 0.25) is 0 Å². The van der Waals surface area contributed by atoms with Crippen LogP contribution in [0.25, 0.3) is 6.08 Å². The maximum atomic E-state index is 14.4. The third-order valence-electron chi connectivity index (χ3n) is 4.12. The Morgan fingerprint density at radius 2 is 1.91 bits per heavy atom. The minimum Gasteiger partial charge on any atom is -0.398 e. The number of rotatable bonds is 4. The van der Waals surface area contributed by atoms with Gasteiger partial charge in [0.05, 0.1) is 11.2 Å². The first kappa shape index (κ1) is 16.7. The molecule has 1 aromatic rings. The van der Waals surface area contributed by atoms with Crippen molar-refractivity contribution in [2.45, 2.75) is 45.4 Å². The summed E-state index contributed by atoms with van der Waals surface area (Å²) in [5.41, 5.74) is -1.31. The molecule has 0 saturated carbocycles. The quantitative estimate of drug-likeness (QED) is 0.634. The first-order valence-electron chi connectivity index (χ1n) is 7.20. The van der Waals surface area contributed by atoms with Gasteiger partial charge in [-0.05, 0) is 45.4 Å². The van der Waals surface area contributed by atoms with E-state index in [0.29, 0.717) is 12.1 Å². The highest BCUT2D eigenvalue weighted by molar-refractivity contribution is 6.54. The summed E-state index contributed by atoms with van der Waals surface area (Å²) in [6, 6.07) is 2.96. The molecule has 0 spiro atoms. The van der Waals surface area contributed by atoms with Crippen molar-refractivity contribution in [3.05, 3.63) is 52.6 Å². The van der Waals surface area contributed by atoms with Crippen LogP contribution in [0.4, 0.5) is 4.39 Å². The van der Waals surface area contributed by atoms with E-state index in [1.807, 2.05) is 27.7 Å². The second kappa shape index (κ2) is 5.86. The van der Waals surface area contributed by atoms with Crippen LogP contribution < -0.4 is 5.56 Å². The van der Waals surface area contributed by atoms with Crippen molar-refractivity contribution in [2.75, 3.05) is 0 Å². The lowest BCUT2D eigenvalue weighted by molar-refractivity contribution is 0.00578. The van der Waals surface area contributed by atoms with Crippen molar-refractivity contribution >= 4 is 13.2 Å².